The minimum Gasteiger partial charge on any atom is -0.496 e. The highest BCUT2D eigenvalue weighted by Gasteiger charge is 2.22. The van der Waals surface area contributed by atoms with Gasteiger partial charge in [0.1, 0.15) is 5.75 Å². The molecule has 0 N–H and O–H groups in total. The number of rotatable bonds is 4. The van der Waals surface area contributed by atoms with Crippen LogP contribution in [0, 0.1) is 0 Å². The fourth-order valence-corrected chi connectivity index (χ4v) is 2.50. The van der Waals surface area contributed by atoms with Crippen LogP contribution in [0.25, 0.3) is 0 Å². The number of nitrogens with zero attached hydrogens (tertiary/aromatic N) is 1. The van der Waals surface area contributed by atoms with Gasteiger partial charge in [-0.3, -0.25) is 4.90 Å². The highest BCUT2D eigenvalue weighted by atomic mass is 79.9. The molecule has 1 aromatic carbocycles. The normalized spacial score (nSPS) is 16.2. The number of hydrogen-bond donors (Lipinski definition) is 0. The van der Waals surface area contributed by atoms with Gasteiger partial charge in [0, 0.05) is 22.6 Å². The van der Waals surface area contributed by atoms with Crippen molar-refractivity contribution in [1.29, 1.82) is 0 Å². The van der Waals surface area contributed by atoms with Gasteiger partial charge in [-0.25, -0.2) is 0 Å². The second-order valence-corrected chi connectivity index (χ2v) is 5.37. The van der Waals surface area contributed by atoms with Crippen molar-refractivity contribution in [2.75, 3.05) is 14.2 Å². The van der Waals surface area contributed by atoms with E-state index in [-0.39, 0.29) is 0 Å². The number of halogens is 1. The van der Waals surface area contributed by atoms with Crippen molar-refractivity contribution in [1.82, 2.24) is 4.90 Å². The van der Waals surface area contributed by atoms with Gasteiger partial charge in [-0.15, -0.1) is 0 Å². The van der Waals surface area contributed by atoms with E-state index in [2.05, 4.69) is 33.9 Å². The lowest BCUT2D eigenvalue weighted by Gasteiger charge is -2.35. The van der Waals surface area contributed by atoms with Gasteiger partial charge in [0.25, 0.3) is 0 Å². The maximum absolute atomic E-state index is 5.39. The lowest BCUT2D eigenvalue weighted by molar-refractivity contribution is 0.151. The smallest absolute Gasteiger partial charge is 0.123 e. The van der Waals surface area contributed by atoms with E-state index in [4.69, 9.17) is 4.74 Å². The van der Waals surface area contributed by atoms with Crippen LogP contribution in [0.3, 0.4) is 0 Å². The van der Waals surface area contributed by atoms with Gasteiger partial charge in [-0.1, -0.05) is 22.4 Å². The average molecular weight is 284 g/mol. The summed E-state index contributed by atoms with van der Waals surface area (Å²) in [4.78, 5) is 2.42. The quantitative estimate of drug-likeness (QED) is 0.839. The fourth-order valence-electron chi connectivity index (χ4n) is 2.10. The van der Waals surface area contributed by atoms with E-state index < -0.39 is 0 Å². The largest absolute Gasteiger partial charge is 0.496 e. The molecule has 0 atom stereocenters. The Bertz CT molecular complexity index is 363. The van der Waals surface area contributed by atoms with Crippen molar-refractivity contribution in [2.24, 2.45) is 0 Å². The van der Waals surface area contributed by atoms with Crippen molar-refractivity contribution >= 4 is 15.9 Å². The van der Waals surface area contributed by atoms with Crippen LogP contribution in [0.2, 0.25) is 0 Å². The molecule has 88 valence electrons. The maximum Gasteiger partial charge on any atom is 0.123 e. The van der Waals surface area contributed by atoms with E-state index in [0.29, 0.717) is 0 Å². The predicted molar refractivity (Wildman–Crippen MR) is 69.8 cm³/mol. The molecule has 3 heteroatoms. The second kappa shape index (κ2) is 5.19. The Morgan fingerprint density at radius 1 is 1.44 bits per heavy atom. The topological polar surface area (TPSA) is 12.5 Å². The van der Waals surface area contributed by atoms with Crippen LogP contribution in [0.15, 0.2) is 22.7 Å². The van der Waals surface area contributed by atoms with E-state index in [1.807, 2.05) is 12.1 Å². The summed E-state index contributed by atoms with van der Waals surface area (Å²) >= 11 is 3.51. The maximum atomic E-state index is 5.39. The Labute approximate surface area is 106 Å². The highest BCUT2D eigenvalue weighted by molar-refractivity contribution is 9.10. The van der Waals surface area contributed by atoms with Gasteiger partial charge in [-0.05, 0) is 38.1 Å². The number of ether oxygens (including phenoxy) is 1. The summed E-state index contributed by atoms with van der Waals surface area (Å²) in [7, 11) is 3.93. The van der Waals surface area contributed by atoms with Crippen LogP contribution < -0.4 is 4.74 Å². The molecule has 0 aliphatic heterocycles. The summed E-state index contributed by atoms with van der Waals surface area (Å²) in [6.07, 6.45) is 4.06. The van der Waals surface area contributed by atoms with Crippen LogP contribution in [-0.2, 0) is 6.54 Å². The summed E-state index contributed by atoms with van der Waals surface area (Å²) in [5.41, 5.74) is 1.26. The van der Waals surface area contributed by atoms with Crippen molar-refractivity contribution < 1.29 is 4.74 Å². The van der Waals surface area contributed by atoms with Crippen molar-refractivity contribution in [3.8, 4) is 5.75 Å². The first-order chi connectivity index (χ1) is 7.70. The minimum absolute atomic E-state index is 0.767. The van der Waals surface area contributed by atoms with Crippen molar-refractivity contribution in [3.05, 3.63) is 28.2 Å². The van der Waals surface area contributed by atoms with E-state index >= 15 is 0 Å². The van der Waals surface area contributed by atoms with Crippen LogP contribution >= 0.6 is 15.9 Å². The predicted octanol–water partition coefficient (Wildman–Crippen LogP) is 3.44. The fraction of sp³-hybridized carbons (Fsp3) is 0.538. The third-order valence-electron chi connectivity index (χ3n) is 3.36. The Balaban J connectivity index is 2.09. The molecule has 1 aliphatic carbocycles. The van der Waals surface area contributed by atoms with E-state index in [1.165, 1.54) is 24.8 Å². The summed E-state index contributed by atoms with van der Waals surface area (Å²) in [6, 6.07) is 6.96. The molecule has 0 saturated heterocycles. The lowest BCUT2D eigenvalue weighted by atomic mass is 9.91. The first kappa shape index (κ1) is 11.9. The minimum atomic E-state index is 0.767. The molecule has 1 aromatic rings. The van der Waals surface area contributed by atoms with Gasteiger partial charge >= 0.3 is 0 Å². The standard InChI is InChI=1S/C13H18BrNO/c1-15(12-4-3-5-12)9-10-8-11(14)6-7-13(10)16-2/h6-8,12H,3-5,9H2,1-2H3. The number of benzene rings is 1. The van der Waals surface area contributed by atoms with Gasteiger partial charge in [-0.2, -0.15) is 0 Å². The van der Waals surface area contributed by atoms with Crippen LogP contribution in [-0.4, -0.2) is 25.1 Å². The molecule has 2 rings (SSSR count). The molecule has 1 fully saturated rings. The summed E-state index contributed by atoms with van der Waals surface area (Å²) < 4.78 is 6.50. The van der Waals surface area contributed by atoms with Crippen LogP contribution in [0.1, 0.15) is 24.8 Å². The zero-order valence-corrected chi connectivity index (χ0v) is 11.5. The molecule has 1 aliphatic rings. The van der Waals surface area contributed by atoms with Crippen molar-refractivity contribution in [2.45, 2.75) is 31.8 Å². The van der Waals surface area contributed by atoms with Crippen LogP contribution in [0.5, 0.6) is 5.75 Å². The lowest BCUT2D eigenvalue weighted by Crippen LogP contribution is -2.36. The van der Waals surface area contributed by atoms with Gasteiger partial charge in [0.05, 0.1) is 7.11 Å². The average Bonchev–Trinajstić information content (AvgIpc) is 2.15. The molecule has 0 bridgehead atoms. The first-order valence-electron chi connectivity index (χ1n) is 5.73. The SMILES string of the molecule is COc1ccc(Br)cc1CN(C)C1CCC1. The number of hydrogen-bond acceptors (Lipinski definition) is 2. The molecular formula is C13H18BrNO. The molecule has 1 saturated carbocycles. The molecule has 16 heavy (non-hydrogen) atoms. The Hall–Kier alpha value is -0.540. The monoisotopic (exact) mass is 283 g/mol. The second-order valence-electron chi connectivity index (χ2n) is 4.46. The highest BCUT2D eigenvalue weighted by Crippen LogP contribution is 2.28. The molecule has 0 radical (unpaired) electrons. The van der Waals surface area contributed by atoms with Gasteiger partial charge in [0.2, 0.25) is 0 Å². The molecule has 0 spiro atoms. The van der Waals surface area contributed by atoms with Gasteiger partial charge in [0.15, 0.2) is 0 Å². The third kappa shape index (κ3) is 2.58. The first-order valence-corrected chi connectivity index (χ1v) is 6.52. The Kier molecular flexibility index (Phi) is 3.87. The zero-order chi connectivity index (χ0) is 11.5. The van der Waals surface area contributed by atoms with Crippen molar-refractivity contribution in [3.63, 3.8) is 0 Å². The third-order valence-corrected chi connectivity index (χ3v) is 3.85. The molecule has 0 heterocycles. The van der Waals surface area contributed by atoms with Gasteiger partial charge < -0.3 is 4.74 Å². The molecule has 2 nitrogen and oxygen atoms in total. The van der Waals surface area contributed by atoms with Crippen LogP contribution in [0.4, 0.5) is 0 Å². The summed E-state index contributed by atoms with van der Waals surface area (Å²) in [5.74, 6) is 0.981. The van der Waals surface area contributed by atoms with E-state index in [0.717, 1.165) is 22.8 Å². The number of methoxy groups -OCH3 is 1. The molecule has 0 unspecified atom stereocenters. The molecule has 0 aromatic heterocycles. The summed E-state index contributed by atoms with van der Waals surface area (Å²) in [5, 5.41) is 0. The Morgan fingerprint density at radius 3 is 2.75 bits per heavy atom. The van der Waals surface area contributed by atoms with E-state index in [9.17, 15) is 0 Å². The molecular weight excluding hydrogens is 266 g/mol. The summed E-state index contributed by atoms with van der Waals surface area (Å²) in [6.45, 7) is 0.966. The Morgan fingerprint density at radius 2 is 2.19 bits per heavy atom. The zero-order valence-electron chi connectivity index (χ0n) is 9.87. The van der Waals surface area contributed by atoms with E-state index in [1.54, 1.807) is 7.11 Å². The molecule has 0 amide bonds.